The first kappa shape index (κ1) is 11.2. The van der Waals surface area contributed by atoms with Crippen LogP contribution in [0.4, 0.5) is 5.69 Å². The first-order valence-electron chi connectivity index (χ1n) is 5.93. The Balaban J connectivity index is 2.42. The molecular weight excluding hydrogens is 198 g/mol. The Labute approximate surface area is 97.3 Å². The van der Waals surface area contributed by atoms with Gasteiger partial charge >= 0.3 is 0 Å². The molecule has 86 valence electrons. The fourth-order valence-corrected chi connectivity index (χ4v) is 2.66. The lowest BCUT2D eigenvalue weighted by molar-refractivity contribution is 0.101. The Morgan fingerprint density at radius 2 is 2.12 bits per heavy atom. The van der Waals surface area contributed by atoms with E-state index in [4.69, 9.17) is 0 Å². The minimum atomic E-state index is 0.151. The summed E-state index contributed by atoms with van der Waals surface area (Å²) in [5.41, 5.74) is 3.44. The van der Waals surface area contributed by atoms with Crippen LogP contribution < -0.4 is 4.90 Å². The van der Waals surface area contributed by atoms with Crippen LogP contribution in [0.3, 0.4) is 0 Å². The summed E-state index contributed by atoms with van der Waals surface area (Å²) >= 11 is 0. The summed E-state index contributed by atoms with van der Waals surface area (Å²) in [4.78, 5) is 13.8. The molecule has 0 saturated carbocycles. The molecule has 16 heavy (non-hydrogen) atoms. The lowest BCUT2D eigenvalue weighted by Gasteiger charge is -2.29. The van der Waals surface area contributed by atoms with E-state index < -0.39 is 0 Å². The zero-order chi connectivity index (χ0) is 11.9. The van der Waals surface area contributed by atoms with Gasteiger partial charge in [-0.05, 0) is 57.9 Å². The summed E-state index contributed by atoms with van der Waals surface area (Å²) in [5, 5.41) is 0. The van der Waals surface area contributed by atoms with Gasteiger partial charge in [0, 0.05) is 23.3 Å². The quantitative estimate of drug-likeness (QED) is 0.710. The third kappa shape index (κ3) is 1.73. The molecule has 1 heterocycles. The monoisotopic (exact) mass is 217 g/mol. The number of Topliss-reactive ketones (excluding diaryl/α,β-unsaturated/α-hetero) is 1. The lowest BCUT2D eigenvalue weighted by Crippen LogP contribution is -2.35. The molecule has 2 nitrogen and oxygen atoms in total. The number of carbonyl (C=O) groups excluding carboxylic acids is 1. The first-order valence-corrected chi connectivity index (χ1v) is 5.93. The third-order valence-electron chi connectivity index (χ3n) is 3.31. The number of fused-ring (bicyclic) bond motifs is 1. The van der Waals surface area contributed by atoms with Gasteiger partial charge in [0.2, 0.25) is 0 Å². The maximum absolute atomic E-state index is 11.3. The van der Waals surface area contributed by atoms with Crippen molar-refractivity contribution in [3.05, 3.63) is 29.3 Å². The molecule has 1 atom stereocenters. The molecule has 0 aromatic heterocycles. The molecule has 2 heteroatoms. The molecular formula is C14H19NO. The normalized spacial score (nSPS) is 19.1. The van der Waals surface area contributed by atoms with Crippen LogP contribution in [0, 0.1) is 0 Å². The number of carbonyl (C=O) groups is 1. The summed E-state index contributed by atoms with van der Waals surface area (Å²) in [6.45, 7) is 8.29. The molecule has 1 aliphatic rings. The zero-order valence-electron chi connectivity index (χ0n) is 10.4. The topological polar surface area (TPSA) is 20.3 Å². The second kappa shape index (κ2) is 3.93. The van der Waals surface area contributed by atoms with Crippen molar-refractivity contribution in [3.63, 3.8) is 0 Å². The van der Waals surface area contributed by atoms with E-state index in [9.17, 15) is 4.79 Å². The number of ketones is 1. The standard InChI is InChI=1S/C14H19NO/c1-9(2)15-10(3)7-13-8-12(11(4)16)5-6-14(13)15/h5-6,8-10H,7H2,1-4H3. The Hall–Kier alpha value is -1.31. The zero-order valence-corrected chi connectivity index (χ0v) is 10.4. The second-order valence-electron chi connectivity index (χ2n) is 4.95. The molecule has 1 aromatic rings. The van der Waals surface area contributed by atoms with E-state index in [0.717, 1.165) is 12.0 Å². The molecule has 1 aliphatic heterocycles. The van der Waals surface area contributed by atoms with Gasteiger partial charge in [-0.3, -0.25) is 4.79 Å². The van der Waals surface area contributed by atoms with Crippen molar-refractivity contribution in [3.8, 4) is 0 Å². The van der Waals surface area contributed by atoms with Gasteiger partial charge in [0.1, 0.15) is 0 Å². The van der Waals surface area contributed by atoms with Crippen molar-refractivity contribution >= 4 is 11.5 Å². The summed E-state index contributed by atoms with van der Waals surface area (Å²) < 4.78 is 0. The third-order valence-corrected chi connectivity index (χ3v) is 3.31. The minimum absolute atomic E-state index is 0.151. The summed E-state index contributed by atoms with van der Waals surface area (Å²) in [5.74, 6) is 0.151. The molecule has 0 spiro atoms. The van der Waals surface area contributed by atoms with Crippen molar-refractivity contribution < 1.29 is 4.79 Å². The number of hydrogen-bond acceptors (Lipinski definition) is 2. The number of nitrogens with zero attached hydrogens (tertiary/aromatic N) is 1. The number of rotatable bonds is 2. The average Bonchev–Trinajstić information content (AvgIpc) is 2.51. The predicted molar refractivity (Wildman–Crippen MR) is 67.2 cm³/mol. The second-order valence-corrected chi connectivity index (χ2v) is 4.95. The van der Waals surface area contributed by atoms with Gasteiger partial charge in [-0.25, -0.2) is 0 Å². The van der Waals surface area contributed by atoms with E-state index in [1.54, 1.807) is 6.92 Å². The Morgan fingerprint density at radius 3 is 2.69 bits per heavy atom. The summed E-state index contributed by atoms with van der Waals surface area (Å²) in [6.07, 6.45) is 1.05. The number of benzene rings is 1. The molecule has 0 amide bonds. The Kier molecular flexibility index (Phi) is 2.75. The summed E-state index contributed by atoms with van der Waals surface area (Å²) in [7, 11) is 0. The van der Waals surface area contributed by atoms with Gasteiger partial charge in [0.25, 0.3) is 0 Å². The van der Waals surface area contributed by atoms with Gasteiger partial charge < -0.3 is 4.90 Å². The SMILES string of the molecule is CC(=O)c1ccc2c(c1)CC(C)N2C(C)C. The number of anilines is 1. The van der Waals surface area contributed by atoms with Gasteiger partial charge in [0.15, 0.2) is 5.78 Å². The molecule has 2 rings (SSSR count). The van der Waals surface area contributed by atoms with Gasteiger partial charge in [-0.1, -0.05) is 0 Å². The Bertz CT molecular complexity index is 423. The van der Waals surface area contributed by atoms with Crippen LogP contribution in [0.1, 0.15) is 43.6 Å². The maximum atomic E-state index is 11.3. The van der Waals surface area contributed by atoms with Crippen molar-refractivity contribution in [2.45, 2.75) is 46.2 Å². The van der Waals surface area contributed by atoms with Crippen LogP contribution in [0.2, 0.25) is 0 Å². The fourth-order valence-electron chi connectivity index (χ4n) is 2.66. The van der Waals surface area contributed by atoms with Crippen LogP contribution in [-0.2, 0) is 6.42 Å². The average molecular weight is 217 g/mol. The van der Waals surface area contributed by atoms with Gasteiger partial charge in [0.05, 0.1) is 0 Å². The molecule has 0 radical (unpaired) electrons. The largest absolute Gasteiger partial charge is 0.366 e. The highest BCUT2D eigenvalue weighted by Crippen LogP contribution is 2.34. The first-order chi connectivity index (χ1) is 7.50. The summed E-state index contributed by atoms with van der Waals surface area (Å²) in [6, 6.07) is 7.14. The van der Waals surface area contributed by atoms with Crippen LogP contribution in [0.5, 0.6) is 0 Å². The van der Waals surface area contributed by atoms with Crippen LogP contribution in [-0.4, -0.2) is 17.9 Å². The lowest BCUT2D eigenvalue weighted by atomic mass is 10.1. The molecule has 0 bridgehead atoms. The molecule has 0 N–H and O–H groups in total. The molecule has 0 aliphatic carbocycles. The van der Waals surface area contributed by atoms with E-state index in [-0.39, 0.29) is 5.78 Å². The number of hydrogen-bond donors (Lipinski definition) is 0. The van der Waals surface area contributed by atoms with Gasteiger partial charge in [-0.2, -0.15) is 0 Å². The fraction of sp³-hybridized carbons (Fsp3) is 0.500. The van der Waals surface area contributed by atoms with Crippen molar-refractivity contribution in [1.82, 2.24) is 0 Å². The minimum Gasteiger partial charge on any atom is -0.366 e. The van der Waals surface area contributed by atoms with Crippen molar-refractivity contribution in [2.75, 3.05) is 4.90 Å². The molecule has 0 fully saturated rings. The molecule has 0 saturated heterocycles. The highest BCUT2D eigenvalue weighted by atomic mass is 16.1. The Morgan fingerprint density at radius 1 is 1.44 bits per heavy atom. The van der Waals surface area contributed by atoms with Crippen LogP contribution in [0.15, 0.2) is 18.2 Å². The van der Waals surface area contributed by atoms with E-state index in [1.165, 1.54) is 11.3 Å². The molecule has 1 unspecified atom stereocenters. The predicted octanol–water partition coefficient (Wildman–Crippen LogP) is 3.05. The van der Waals surface area contributed by atoms with E-state index >= 15 is 0 Å². The van der Waals surface area contributed by atoms with Gasteiger partial charge in [-0.15, -0.1) is 0 Å². The van der Waals surface area contributed by atoms with E-state index in [1.807, 2.05) is 6.07 Å². The van der Waals surface area contributed by atoms with Crippen LogP contribution >= 0.6 is 0 Å². The highest BCUT2D eigenvalue weighted by molar-refractivity contribution is 5.95. The maximum Gasteiger partial charge on any atom is 0.159 e. The highest BCUT2D eigenvalue weighted by Gasteiger charge is 2.27. The molecule has 1 aromatic carbocycles. The smallest absolute Gasteiger partial charge is 0.159 e. The van der Waals surface area contributed by atoms with Crippen LogP contribution in [0.25, 0.3) is 0 Å². The van der Waals surface area contributed by atoms with Crippen molar-refractivity contribution in [2.24, 2.45) is 0 Å². The van der Waals surface area contributed by atoms with E-state index in [0.29, 0.717) is 12.1 Å². The van der Waals surface area contributed by atoms with E-state index in [2.05, 4.69) is 37.8 Å². The van der Waals surface area contributed by atoms with Crippen molar-refractivity contribution in [1.29, 1.82) is 0 Å².